The first-order chi connectivity index (χ1) is 11.2. The smallest absolute Gasteiger partial charge is 0.241 e. The van der Waals surface area contributed by atoms with Crippen molar-refractivity contribution in [2.24, 2.45) is 5.73 Å². The van der Waals surface area contributed by atoms with Crippen LogP contribution in [0.15, 0.2) is 54.7 Å². The number of anilines is 1. The van der Waals surface area contributed by atoms with Crippen molar-refractivity contribution in [3.05, 3.63) is 60.3 Å². The molecular weight excluding hydrogens is 288 g/mol. The van der Waals surface area contributed by atoms with Gasteiger partial charge in [0.25, 0.3) is 0 Å². The summed E-state index contributed by atoms with van der Waals surface area (Å²) in [5, 5.41) is 3.08. The second-order valence-corrected chi connectivity index (χ2v) is 5.85. The highest BCUT2D eigenvalue weighted by Crippen LogP contribution is 2.18. The van der Waals surface area contributed by atoms with E-state index in [1.807, 2.05) is 54.7 Å². The number of aromatic nitrogens is 1. The van der Waals surface area contributed by atoms with E-state index in [4.69, 9.17) is 5.73 Å². The third kappa shape index (κ3) is 3.87. The molecule has 1 fully saturated rings. The molecule has 5 nitrogen and oxygen atoms in total. The maximum atomic E-state index is 12.3. The fraction of sp³-hybridized carbons (Fsp3) is 0.333. The normalized spacial score (nSPS) is 16.8. The molecule has 120 valence electrons. The first kappa shape index (κ1) is 15.5. The number of amides is 1. The summed E-state index contributed by atoms with van der Waals surface area (Å²) in [6.45, 7) is 1.78. The van der Waals surface area contributed by atoms with Gasteiger partial charge in [0.05, 0.1) is 0 Å². The van der Waals surface area contributed by atoms with Crippen molar-refractivity contribution in [2.45, 2.75) is 24.9 Å². The van der Waals surface area contributed by atoms with Crippen molar-refractivity contribution in [2.75, 3.05) is 18.0 Å². The summed E-state index contributed by atoms with van der Waals surface area (Å²) in [5.41, 5.74) is 6.89. The van der Waals surface area contributed by atoms with Crippen molar-refractivity contribution in [1.29, 1.82) is 0 Å². The Hall–Kier alpha value is -2.40. The molecular formula is C18H22N4O. The Bertz CT molecular complexity index is 624. The molecule has 2 aromatic rings. The minimum absolute atomic E-state index is 0.104. The molecule has 0 aliphatic carbocycles. The summed E-state index contributed by atoms with van der Waals surface area (Å²) >= 11 is 0. The van der Waals surface area contributed by atoms with Gasteiger partial charge in [-0.3, -0.25) is 4.79 Å². The van der Waals surface area contributed by atoms with Crippen LogP contribution in [0.2, 0.25) is 0 Å². The molecule has 1 unspecified atom stereocenters. The highest BCUT2D eigenvalue weighted by atomic mass is 16.2. The van der Waals surface area contributed by atoms with Crippen LogP contribution in [0.1, 0.15) is 24.4 Å². The van der Waals surface area contributed by atoms with Crippen LogP contribution in [0.3, 0.4) is 0 Å². The number of hydrogen-bond donors (Lipinski definition) is 2. The Kier molecular flexibility index (Phi) is 4.88. The zero-order valence-corrected chi connectivity index (χ0v) is 13.1. The number of nitrogens with zero attached hydrogens (tertiary/aromatic N) is 2. The Morgan fingerprint density at radius 3 is 2.48 bits per heavy atom. The summed E-state index contributed by atoms with van der Waals surface area (Å²) in [4.78, 5) is 18.9. The van der Waals surface area contributed by atoms with Gasteiger partial charge in [-0.1, -0.05) is 36.4 Å². The predicted molar refractivity (Wildman–Crippen MR) is 91.0 cm³/mol. The Balaban J connectivity index is 1.52. The number of piperidine rings is 1. The van der Waals surface area contributed by atoms with E-state index in [9.17, 15) is 4.79 Å². The molecule has 1 aliphatic rings. The average molecular weight is 310 g/mol. The molecule has 1 saturated heterocycles. The monoisotopic (exact) mass is 310 g/mol. The van der Waals surface area contributed by atoms with E-state index in [-0.39, 0.29) is 11.9 Å². The molecule has 0 bridgehead atoms. The second-order valence-electron chi connectivity index (χ2n) is 5.85. The van der Waals surface area contributed by atoms with Gasteiger partial charge >= 0.3 is 0 Å². The number of nitrogens with two attached hydrogens (primary N) is 1. The summed E-state index contributed by atoms with van der Waals surface area (Å²) in [6, 6.07) is 15.0. The van der Waals surface area contributed by atoms with Crippen molar-refractivity contribution in [3.8, 4) is 0 Å². The van der Waals surface area contributed by atoms with Gasteiger partial charge < -0.3 is 16.0 Å². The lowest BCUT2D eigenvalue weighted by Crippen LogP contribution is -2.47. The molecule has 1 aromatic carbocycles. The van der Waals surface area contributed by atoms with Crippen LogP contribution in [0.5, 0.6) is 0 Å². The molecule has 0 radical (unpaired) electrons. The number of nitrogens with one attached hydrogen (secondary N) is 1. The molecule has 0 saturated carbocycles. The molecule has 1 atom stereocenters. The van der Waals surface area contributed by atoms with Gasteiger partial charge in [0.15, 0.2) is 0 Å². The first-order valence-corrected chi connectivity index (χ1v) is 8.01. The first-order valence-electron chi connectivity index (χ1n) is 8.01. The lowest BCUT2D eigenvalue weighted by molar-refractivity contribution is -0.123. The number of rotatable bonds is 4. The van der Waals surface area contributed by atoms with Crippen molar-refractivity contribution >= 4 is 11.7 Å². The highest BCUT2D eigenvalue weighted by molar-refractivity contribution is 5.83. The number of carbonyl (C=O) groups is 1. The van der Waals surface area contributed by atoms with E-state index in [0.29, 0.717) is 0 Å². The lowest BCUT2D eigenvalue weighted by atomic mass is 10.0. The zero-order chi connectivity index (χ0) is 16.1. The fourth-order valence-corrected chi connectivity index (χ4v) is 2.90. The highest BCUT2D eigenvalue weighted by Gasteiger charge is 2.24. The van der Waals surface area contributed by atoms with Crippen LogP contribution < -0.4 is 16.0 Å². The van der Waals surface area contributed by atoms with Gasteiger partial charge in [-0.15, -0.1) is 0 Å². The molecule has 1 amide bonds. The Morgan fingerprint density at radius 2 is 1.83 bits per heavy atom. The Labute approximate surface area is 136 Å². The van der Waals surface area contributed by atoms with E-state index in [0.717, 1.165) is 37.3 Å². The number of pyridine rings is 1. The number of carbonyl (C=O) groups excluding carboxylic acids is 1. The van der Waals surface area contributed by atoms with Crippen molar-refractivity contribution in [1.82, 2.24) is 10.3 Å². The topological polar surface area (TPSA) is 71.2 Å². The molecule has 3 N–H and O–H groups in total. The molecule has 23 heavy (non-hydrogen) atoms. The quantitative estimate of drug-likeness (QED) is 0.904. The largest absolute Gasteiger partial charge is 0.356 e. The van der Waals surface area contributed by atoms with Crippen molar-refractivity contribution in [3.63, 3.8) is 0 Å². The Morgan fingerprint density at radius 1 is 1.13 bits per heavy atom. The SMILES string of the molecule is NC(C(=O)NC1CCN(c2ccccn2)CC1)c1ccccc1. The van der Waals surface area contributed by atoms with Crippen LogP contribution in [-0.4, -0.2) is 30.0 Å². The minimum atomic E-state index is -0.606. The van der Waals surface area contributed by atoms with Gasteiger partial charge in [0.1, 0.15) is 11.9 Å². The summed E-state index contributed by atoms with van der Waals surface area (Å²) in [5.74, 6) is 0.894. The fourth-order valence-electron chi connectivity index (χ4n) is 2.90. The molecule has 5 heteroatoms. The van der Waals surface area contributed by atoms with Gasteiger partial charge in [-0.25, -0.2) is 4.98 Å². The van der Waals surface area contributed by atoms with Gasteiger partial charge in [-0.05, 0) is 30.5 Å². The third-order valence-corrected chi connectivity index (χ3v) is 4.26. The maximum absolute atomic E-state index is 12.3. The zero-order valence-electron chi connectivity index (χ0n) is 13.1. The van der Waals surface area contributed by atoms with E-state index in [1.165, 1.54) is 0 Å². The van der Waals surface area contributed by atoms with Gasteiger partial charge in [0.2, 0.25) is 5.91 Å². The van der Waals surface area contributed by atoms with Crippen LogP contribution in [-0.2, 0) is 4.79 Å². The summed E-state index contributed by atoms with van der Waals surface area (Å²) in [7, 11) is 0. The molecule has 1 aliphatic heterocycles. The van der Waals surface area contributed by atoms with Crippen molar-refractivity contribution < 1.29 is 4.79 Å². The van der Waals surface area contributed by atoms with E-state index in [2.05, 4.69) is 15.2 Å². The van der Waals surface area contributed by atoms with Crippen LogP contribution >= 0.6 is 0 Å². The molecule has 0 spiro atoms. The third-order valence-electron chi connectivity index (χ3n) is 4.26. The second kappa shape index (κ2) is 7.24. The minimum Gasteiger partial charge on any atom is -0.356 e. The summed E-state index contributed by atoms with van der Waals surface area (Å²) < 4.78 is 0. The molecule has 2 heterocycles. The maximum Gasteiger partial charge on any atom is 0.241 e. The lowest BCUT2D eigenvalue weighted by Gasteiger charge is -2.33. The molecule has 3 rings (SSSR count). The van der Waals surface area contributed by atoms with Crippen LogP contribution in [0.25, 0.3) is 0 Å². The summed E-state index contributed by atoms with van der Waals surface area (Å²) in [6.07, 6.45) is 3.62. The van der Waals surface area contributed by atoms with E-state index < -0.39 is 6.04 Å². The molecule has 1 aromatic heterocycles. The van der Waals surface area contributed by atoms with Gasteiger partial charge in [0, 0.05) is 25.3 Å². The van der Waals surface area contributed by atoms with Crippen LogP contribution in [0.4, 0.5) is 5.82 Å². The standard InChI is InChI=1S/C18H22N4O/c19-17(14-6-2-1-3-7-14)18(23)21-15-9-12-22(13-10-15)16-8-4-5-11-20-16/h1-8,11,15,17H,9-10,12-13,19H2,(H,21,23). The predicted octanol–water partition coefficient (Wildman–Crippen LogP) is 1.87. The van der Waals surface area contributed by atoms with E-state index in [1.54, 1.807) is 0 Å². The average Bonchev–Trinajstić information content (AvgIpc) is 2.63. The number of benzene rings is 1. The van der Waals surface area contributed by atoms with E-state index >= 15 is 0 Å². The number of hydrogen-bond acceptors (Lipinski definition) is 4. The van der Waals surface area contributed by atoms with Crippen LogP contribution in [0, 0.1) is 0 Å². The van der Waals surface area contributed by atoms with Gasteiger partial charge in [-0.2, -0.15) is 0 Å².